The van der Waals surface area contributed by atoms with E-state index in [1.54, 1.807) is 24.3 Å². The molecule has 0 aliphatic heterocycles. The SMILES string of the molecule is CC(C)NC(=O)/C(C#N)=C\c1cc(Br)ccc1OCc1ccccc1C#N. The zero-order valence-corrected chi connectivity index (χ0v) is 16.6. The first-order valence-electron chi connectivity index (χ1n) is 8.27. The van der Waals surface area contributed by atoms with Crippen molar-refractivity contribution in [2.45, 2.75) is 26.5 Å². The summed E-state index contributed by atoms with van der Waals surface area (Å²) in [6, 6.07) is 16.5. The van der Waals surface area contributed by atoms with E-state index < -0.39 is 5.91 Å². The first-order valence-corrected chi connectivity index (χ1v) is 9.07. The van der Waals surface area contributed by atoms with Gasteiger partial charge < -0.3 is 10.1 Å². The van der Waals surface area contributed by atoms with E-state index in [1.807, 2.05) is 38.1 Å². The number of benzene rings is 2. The number of halogens is 1. The highest BCUT2D eigenvalue weighted by atomic mass is 79.9. The highest BCUT2D eigenvalue weighted by molar-refractivity contribution is 9.10. The maximum absolute atomic E-state index is 12.2. The lowest BCUT2D eigenvalue weighted by atomic mass is 10.1. The van der Waals surface area contributed by atoms with Crippen LogP contribution < -0.4 is 10.1 Å². The van der Waals surface area contributed by atoms with E-state index in [4.69, 9.17) is 4.74 Å². The van der Waals surface area contributed by atoms with Gasteiger partial charge in [-0.15, -0.1) is 0 Å². The molecule has 0 heterocycles. The van der Waals surface area contributed by atoms with Crippen LogP contribution in [0.1, 0.15) is 30.5 Å². The standard InChI is InChI=1S/C21H18BrN3O2/c1-14(2)25-21(26)18(12-24)9-17-10-19(22)7-8-20(17)27-13-16-6-4-3-5-15(16)11-23/h3-10,14H,13H2,1-2H3,(H,25,26)/b18-9-. The van der Waals surface area contributed by atoms with Gasteiger partial charge in [-0.2, -0.15) is 10.5 Å². The summed E-state index contributed by atoms with van der Waals surface area (Å²) >= 11 is 3.39. The van der Waals surface area contributed by atoms with E-state index in [2.05, 4.69) is 27.3 Å². The molecule has 1 N–H and O–H groups in total. The van der Waals surface area contributed by atoms with Gasteiger partial charge in [0.05, 0.1) is 11.6 Å². The van der Waals surface area contributed by atoms with Crippen molar-refractivity contribution < 1.29 is 9.53 Å². The van der Waals surface area contributed by atoms with Gasteiger partial charge in [-0.1, -0.05) is 34.1 Å². The van der Waals surface area contributed by atoms with Crippen molar-refractivity contribution in [2.24, 2.45) is 0 Å². The topological polar surface area (TPSA) is 85.9 Å². The van der Waals surface area contributed by atoms with Gasteiger partial charge in [0.1, 0.15) is 24.0 Å². The first-order chi connectivity index (χ1) is 12.9. The van der Waals surface area contributed by atoms with Crippen LogP contribution in [0.25, 0.3) is 6.08 Å². The second-order valence-corrected chi connectivity index (χ2v) is 6.95. The number of ether oxygens (including phenoxy) is 1. The molecule has 0 saturated carbocycles. The normalized spacial score (nSPS) is 10.8. The molecular weight excluding hydrogens is 406 g/mol. The lowest BCUT2D eigenvalue weighted by molar-refractivity contribution is -0.117. The maximum Gasteiger partial charge on any atom is 0.262 e. The average molecular weight is 424 g/mol. The number of amides is 1. The molecule has 5 nitrogen and oxygen atoms in total. The van der Waals surface area contributed by atoms with E-state index >= 15 is 0 Å². The predicted molar refractivity (Wildman–Crippen MR) is 106 cm³/mol. The quantitative estimate of drug-likeness (QED) is 0.553. The molecule has 136 valence electrons. The van der Waals surface area contributed by atoms with Crippen molar-refractivity contribution in [1.82, 2.24) is 5.32 Å². The third-order valence-corrected chi connectivity index (χ3v) is 4.07. The number of hydrogen-bond acceptors (Lipinski definition) is 4. The van der Waals surface area contributed by atoms with E-state index in [0.717, 1.165) is 10.0 Å². The fourth-order valence-electron chi connectivity index (χ4n) is 2.32. The summed E-state index contributed by atoms with van der Waals surface area (Å²) in [7, 11) is 0. The van der Waals surface area contributed by atoms with Crippen molar-refractivity contribution in [3.8, 4) is 17.9 Å². The van der Waals surface area contributed by atoms with Crippen LogP contribution >= 0.6 is 15.9 Å². The van der Waals surface area contributed by atoms with Gasteiger partial charge in [-0.3, -0.25) is 4.79 Å². The lowest BCUT2D eigenvalue weighted by Crippen LogP contribution is -2.30. The molecule has 6 heteroatoms. The Bertz CT molecular complexity index is 953. The molecule has 27 heavy (non-hydrogen) atoms. The maximum atomic E-state index is 12.2. The summed E-state index contributed by atoms with van der Waals surface area (Å²) in [6.45, 7) is 3.85. The minimum absolute atomic E-state index is 0.0101. The Hall–Kier alpha value is -3.09. The molecule has 0 bridgehead atoms. The van der Waals surface area contributed by atoms with Gasteiger partial charge in [0.25, 0.3) is 5.91 Å². The molecule has 0 saturated heterocycles. The number of nitrogens with zero attached hydrogens (tertiary/aromatic N) is 2. The molecule has 0 spiro atoms. The second-order valence-electron chi connectivity index (χ2n) is 6.04. The monoisotopic (exact) mass is 423 g/mol. The Balaban J connectivity index is 2.31. The Morgan fingerprint density at radius 1 is 1.26 bits per heavy atom. The summed E-state index contributed by atoms with van der Waals surface area (Å²) in [5.74, 6) is 0.0734. The molecule has 0 atom stereocenters. The van der Waals surface area contributed by atoms with Crippen molar-refractivity contribution in [3.05, 3.63) is 69.2 Å². The fraction of sp³-hybridized carbons (Fsp3) is 0.190. The molecule has 2 rings (SSSR count). The summed E-state index contributed by atoms with van der Waals surface area (Å²) in [6.07, 6.45) is 1.49. The average Bonchev–Trinajstić information content (AvgIpc) is 2.64. The number of rotatable bonds is 6. The third-order valence-electron chi connectivity index (χ3n) is 3.58. The molecule has 0 aromatic heterocycles. The van der Waals surface area contributed by atoms with Crippen molar-refractivity contribution >= 4 is 27.9 Å². The van der Waals surface area contributed by atoms with Crippen LogP contribution in [0.4, 0.5) is 0 Å². The van der Waals surface area contributed by atoms with Crippen LogP contribution in [0.3, 0.4) is 0 Å². The second kappa shape index (κ2) is 9.56. The number of nitriles is 2. The number of hydrogen-bond donors (Lipinski definition) is 1. The molecule has 2 aromatic rings. The third kappa shape index (κ3) is 5.70. The van der Waals surface area contributed by atoms with Crippen molar-refractivity contribution in [1.29, 1.82) is 10.5 Å². The first kappa shape index (κ1) is 20.2. The zero-order chi connectivity index (χ0) is 19.8. The van der Waals surface area contributed by atoms with Crippen LogP contribution in [0.15, 0.2) is 52.5 Å². The van der Waals surface area contributed by atoms with Gasteiger partial charge in [0, 0.05) is 21.6 Å². The fourth-order valence-corrected chi connectivity index (χ4v) is 2.70. The molecular formula is C21H18BrN3O2. The van der Waals surface area contributed by atoms with Gasteiger partial charge in [0.2, 0.25) is 0 Å². The number of carbonyl (C=O) groups excluding carboxylic acids is 1. The van der Waals surface area contributed by atoms with Crippen molar-refractivity contribution in [2.75, 3.05) is 0 Å². The van der Waals surface area contributed by atoms with Crippen LogP contribution in [0.5, 0.6) is 5.75 Å². The van der Waals surface area contributed by atoms with E-state index in [-0.39, 0.29) is 18.2 Å². The van der Waals surface area contributed by atoms with E-state index in [0.29, 0.717) is 16.9 Å². The van der Waals surface area contributed by atoms with Crippen LogP contribution in [-0.2, 0) is 11.4 Å². The van der Waals surface area contributed by atoms with Crippen LogP contribution in [0.2, 0.25) is 0 Å². The van der Waals surface area contributed by atoms with Crippen LogP contribution in [0, 0.1) is 22.7 Å². The highest BCUT2D eigenvalue weighted by Crippen LogP contribution is 2.27. The molecule has 0 radical (unpaired) electrons. The number of nitrogens with one attached hydrogen (secondary N) is 1. The van der Waals surface area contributed by atoms with Crippen LogP contribution in [-0.4, -0.2) is 11.9 Å². The Kier molecular flexibility index (Phi) is 7.16. The minimum atomic E-state index is -0.437. The predicted octanol–water partition coefficient (Wildman–Crippen LogP) is 4.33. The summed E-state index contributed by atoms with van der Waals surface area (Å²) in [5, 5.41) is 21.2. The lowest BCUT2D eigenvalue weighted by Gasteiger charge is -2.12. The largest absolute Gasteiger partial charge is 0.488 e. The molecule has 0 aliphatic rings. The Morgan fingerprint density at radius 3 is 2.67 bits per heavy atom. The molecule has 0 fully saturated rings. The van der Waals surface area contributed by atoms with E-state index in [1.165, 1.54) is 6.08 Å². The summed E-state index contributed by atoms with van der Waals surface area (Å²) in [5.41, 5.74) is 1.88. The van der Waals surface area contributed by atoms with Gasteiger partial charge in [-0.05, 0) is 44.2 Å². The number of carbonyl (C=O) groups is 1. The molecule has 2 aromatic carbocycles. The zero-order valence-electron chi connectivity index (χ0n) is 15.0. The van der Waals surface area contributed by atoms with Gasteiger partial charge >= 0.3 is 0 Å². The highest BCUT2D eigenvalue weighted by Gasteiger charge is 2.13. The minimum Gasteiger partial charge on any atom is -0.488 e. The van der Waals surface area contributed by atoms with Gasteiger partial charge in [0.15, 0.2) is 0 Å². The van der Waals surface area contributed by atoms with Crippen molar-refractivity contribution in [3.63, 3.8) is 0 Å². The molecule has 0 unspecified atom stereocenters. The Morgan fingerprint density at radius 2 is 2.00 bits per heavy atom. The summed E-state index contributed by atoms with van der Waals surface area (Å²) in [4.78, 5) is 12.2. The summed E-state index contributed by atoms with van der Waals surface area (Å²) < 4.78 is 6.66. The Labute approximate surface area is 167 Å². The molecule has 0 aliphatic carbocycles. The van der Waals surface area contributed by atoms with E-state index in [9.17, 15) is 15.3 Å². The molecule has 1 amide bonds. The van der Waals surface area contributed by atoms with Gasteiger partial charge in [-0.25, -0.2) is 0 Å². The smallest absolute Gasteiger partial charge is 0.262 e.